The van der Waals surface area contributed by atoms with Crippen LogP contribution in [0.4, 0.5) is 0 Å². The summed E-state index contributed by atoms with van der Waals surface area (Å²) in [7, 11) is 2.92. The van der Waals surface area contributed by atoms with Gasteiger partial charge in [-0.25, -0.2) is 0 Å². The van der Waals surface area contributed by atoms with E-state index < -0.39 is 75.6 Å². The molecule has 11 heteroatoms. The smallest absolute Gasteiger partial charge is 0.255 e. The van der Waals surface area contributed by atoms with Crippen LogP contribution in [0.1, 0.15) is 24.0 Å². The lowest BCUT2D eigenvalue weighted by Crippen LogP contribution is -2.70. The number of hydrogen-bond acceptors (Lipinski definition) is 10. The summed E-state index contributed by atoms with van der Waals surface area (Å²) in [4.78, 5) is 40.9. The van der Waals surface area contributed by atoms with E-state index in [0.29, 0.717) is 22.5 Å². The second-order valence-electron chi connectivity index (χ2n) is 11.1. The van der Waals surface area contributed by atoms with Crippen LogP contribution in [0.5, 0.6) is 5.75 Å². The summed E-state index contributed by atoms with van der Waals surface area (Å²) in [6.07, 6.45) is -1.68. The van der Waals surface area contributed by atoms with Gasteiger partial charge in [0.2, 0.25) is 5.78 Å². The molecule has 6 atom stereocenters. The maximum Gasteiger partial charge on any atom is 0.255 e. The van der Waals surface area contributed by atoms with Crippen molar-refractivity contribution in [2.75, 3.05) is 14.1 Å². The van der Waals surface area contributed by atoms with E-state index in [4.69, 9.17) is 10.2 Å². The van der Waals surface area contributed by atoms with E-state index in [0.717, 1.165) is 5.39 Å². The van der Waals surface area contributed by atoms with Crippen LogP contribution in [-0.2, 0) is 14.4 Å². The summed E-state index contributed by atoms with van der Waals surface area (Å²) in [5.41, 5.74) is 2.37. The average Bonchev–Trinajstić information content (AvgIpc) is 3.34. The number of carbonyl (C=O) groups excluding carboxylic acids is 3. The second kappa shape index (κ2) is 8.77. The molecule has 2 aromatic carbocycles. The van der Waals surface area contributed by atoms with Crippen LogP contribution in [-0.4, -0.2) is 79.7 Å². The molecule has 0 radical (unpaired) electrons. The molecule has 0 saturated heterocycles. The number of carbonyl (C=O) groups is 3. The lowest BCUT2D eigenvalue weighted by molar-refractivity contribution is -0.169. The van der Waals surface area contributed by atoms with Crippen LogP contribution < -0.4 is 5.73 Å². The zero-order valence-electron chi connectivity index (χ0n) is 22.3. The number of fused-ring (bicyclic) bond motifs is 4. The van der Waals surface area contributed by atoms with Gasteiger partial charge in [-0.05, 0) is 49.8 Å². The Labute approximate surface area is 233 Å². The molecule has 0 unspecified atom stereocenters. The molecular formula is C30H28N2O9. The quantitative estimate of drug-likeness (QED) is 0.258. The largest absolute Gasteiger partial charge is 0.508 e. The lowest BCUT2D eigenvalue weighted by atomic mass is 9.54. The maximum absolute atomic E-state index is 14.1. The lowest BCUT2D eigenvalue weighted by Gasteiger charge is -2.53. The van der Waals surface area contributed by atoms with E-state index >= 15 is 0 Å². The van der Waals surface area contributed by atoms with Crippen molar-refractivity contribution < 1.29 is 44.3 Å². The SMILES string of the molecule is C[C@H]1c2c(-c3cc4ccccc4o3)ccc(O)c2C(O)=C2C(=O)[C@@]3(O)C(O)=C(C(N)=O)C(=O)[C@H](N(C)C)[C@@H]3[C@@H](O)[C@@H]21. The molecule has 7 N–H and O–H groups in total. The van der Waals surface area contributed by atoms with Crippen molar-refractivity contribution in [2.45, 2.75) is 30.6 Å². The van der Waals surface area contributed by atoms with Crippen molar-refractivity contribution in [2.24, 2.45) is 17.6 Å². The van der Waals surface area contributed by atoms with Crippen molar-refractivity contribution in [3.63, 3.8) is 0 Å². The first-order valence-corrected chi connectivity index (χ1v) is 13.0. The van der Waals surface area contributed by atoms with Crippen molar-refractivity contribution in [3.05, 3.63) is 70.5 Å². The number of aliphatic hydroxyl groups is 4. The number of rotatable bonds is 3. The number of nitrogens with two attached hydrogens (primary N) is 1. The van der Waals surface area contributed by atoms with Crippen LogP contribution in [0.3, 0.4) is 0 Å². The summed E-state index contributed by atoms with van der Waals surface area (Å²) in [6, 6.07) is 10.6. The number of primary amides is 1. The Morgan fingerprint density at radius 3 is 2.39 bits per heavy atom. The number of likely N-dealkylation sites (N-methyl/N-ethyl adjacent to an activating group) is 1. The van der Waals surface area contributed by atoms with Gasteiger partial charge in [0.15, 0.2) is 11.4 Å². The number of phenolic OH excluding ortho intramolecular Hbond substituents is 1. The predicted octanol–water partition coefficient (Wildman–Crippen LogP) is 1.91. The molecule has 1 amide bonds. The number of aromatic hydroxyl groups is 1. The molecule has 1 aromatic heterocycles. The van der Waals surface area contributed by atoms with Crippen molar-refractivity contribution >= 4 is 34.2 Å². The molecular weight excluding hydrogens is 532 g/mol. The number of Topliss-reactive ketones (excluding diaryl/α,β-unsaturated/α-hetero) is 2. The van der Waals surface area contributed by atoms with Gasteiger partial charge in [-0.3, -0.25) is 19.3 Å². The van der Waals surface area contributed by atoms with E-state index in [1.54, 1.807) is 25.1 Å². The predicted molar refractivity (Wildman–Crippen MR) is 146 cm³/mol. The zero-order chi connectivity index (χ0) is 29.7. The number of phenols is 1. The number of para-hydroxylation sites is 1. The Kier molecular flexibility index (Phi) is 5.73. The highest BCUT2D eigenvalue weighted by atomic mass is 16.4. The summed E-state index contributed by atoms with van der Waals surface area (Å²) in [5, 5.41) is 57.9. The van der Waals surface area contributed by atoms with Gasteiger partial charge in [-0.15, -0.1) is 0 Å². The van der Waals surface area contributed by atoms with Gasteiger partial charge in [0.1, 0.15) is 34.2 Å². The maximum atomic E-state index is 14.1. The minimum absolute atomic E-state index is 0.0982. The highest BCUT2D eigenvalue weighted by molar-refractivity contribution is 6.24. The minimum atomic E-state index is -2.96. The number of ketones is 2. The monoisotopic (exact) mass is 560 g/mol. The molecule has 0 bridgehead atoms. The van der Waals surface area contributed by atoms with E-state index in [-0.39, 0.29) is 11.3 Å². The van der Waals surface area contributed by atoms with Gasteiger partial charge >= 0.3 is 0 Å². The van der Waals surface area contributed by atoms with Gasteiger partial charge in [0, 0.05) is 22.4 Å². The van der Waals surface area contributed by atoms with E-state index in [1.165, 1.54) is 25.1 Å². The van der Waals surface area contributed by atoms with E-state index in [9.17, 15) is 39.9 Å². The number of benzene rings is 2. The Morgan fingerprint density at radius 2 is 1.76 bits per heavy atom. The van der Waals surface area contributed by atoms with Crippen LogP contribution in [0.2, 0.25) is 0 Å². The molecule has 212 valence electrons. The van der Waals surface area contributed by atoms with Gasteiger partial charge in [-0.2, -0.15) is 0 Å². The fourth-order valence-electron chi connectivity index (χ4n) is 7.03. The molecule has 11 nitrogen and oxygen atoms in total. The van der Waals surface area contributed by atoms with Gasteiger partial charge in [0.25, 0.3) is 5.91 Å². The molecule has 3 aliphatic carbocycles. The molecule has 0 spiro atoms. The third-order valence-electron chi connectivity index (χ3n) is 8.80. The molecule has 1 heterocycles. The Bertz CT molecular complexity index is 1720. The summed E-state index contributed by atoms with van der Waals surface area (Å²) in [5.74, 6) is -9.03. The van der Waals surface area contributed by atoms with Gasteiger partial charge < -0.3 is 35.7 Å². The molecule has 3 aromatic rings. The van der Waals surface area contributed by atoms with E-state index in [2.05, 4.69) is 0 Å². The molecule has 41 heavy (non-hydrogen) atoms. The van der Waals surface area contributed by atoms with E-state index in [1.807, 2.05) is 18.2 Å². The third kappa shape index (κ3) is 3.33. The third-order valence-corrected chi connectivity index (χ3v) is 8.80. The molecule has 1 fully saturated rings. The summed E-state index contributed by atoms with van der Waals surface area (Å²) >= 11 is 0. The van der Waals surface area contributed by atoms with Gasteiger partial charge in [-0.1, -0.05) is 25.1 Å². The molecule has 0 aliphatic heterocycles. The Morgan fingerprint density at radius 1 is 1.07 bits per heavy atom. The molecule has 6 rings (SSSR count). The van der Waals surface area contributed by atoms with Crippen molar-refractivity contribution in [3.8, 4) is 17.1 Å². The number of furan rings is 1. The molecule has 3 aliphatic rings. The Hall–Kier alpha value is -4.45. The Balaban J connectivity index is 1.63. The van der Waals surface area contributed by atoms with Crippen LogP contribution in [0, 0.1) is 11.8 Å². The minimum Gasteiger partial charge on any atom is -0.508 e. The van der Waals surface area contributed by atoms with Crippen molar-refractivity contribution in [1.82, 2.24) is 4.90 Å². The zero-order valence-corrected chi connectivity index (χ0v) is 22.3. The first kappa shape index (κ1) is 26.8. The topological polar surface area (TPSA) is 195 Å². The summed E-state index contributed by atoms with van der Waals surface area (Å²) in [6.45, 7) is 1.68. The fourth-order valence-corrected chi connectivity index (χ4v) is 7.03. The second-order valence-corrected chi connectivity index (χ2v) is 11.1. The van der Waals surface area contributed by atoms with Crippen LogP contribution >= 0.6 is 0 Å². The average molecular weight is 561 g/mol. The van der Waals surface area contributed by atoms with Crippen molar-refractivity contribution in [1.29, 1.82) is 0 Å². The standard InChI is InChI=1S/C30H28N2O9/c1-11-17-13(16-10-12-6-4-5-7-15(12)41-16)8-9-14(33)19(17)24(34)20-18(11)25(35)22-23(32(2)3)26(36)21(29(31)39)28(38)30(22,40)27(20)37/h4-11,18,22-23,25,33-35,38,40H,1-3H3,(H2,31,39)/t11-,18+,22+,23+,25-,30+/m0/s1. The normalized spacial score (nSPS) is 29.6. The highest BCUT2D eigenvalue weighted by Crippen LogP contribution is 2.57. The fraction of sp³-hybridized carbons (Fsp3) is 0.300. The first-order valence-electron chi connectivity index (χ1n) is 13.0. The van der Waals surface area contributed by atoms with Crippen LogP contribution in [0.25, 0.3) is 28.1 Å². The number of hydrogen-bond donors (Lipinski definition) is 6. The van der Waals surface area contributed by atoms with Gasteiger partial charge in [0.05, 0.1) is 23.6 Å². The molecule has 1 saturated carbocycles. The van der Waals surface area contributed by atoms with Crippen LogP contribution in [0.15, 0.2) is 63.8 Å². The number of amides is 1. The number of nitrogens with zero attached hydrogens (tertiary/aromatic N) is 1. The summed E-state index contributed by atoms with van der Waals surface area (Å²) < 4.78 is 6.06. The highest BCUT2D eigenvalue weighted by Gasteiger charge is 2.68. The first-order chi connectivity index (χ1) is 19.3. The number of aliphatic hydroxyl groups excluding tert-OH is 3.